The molecule has 0 bridgehead atoms. The lowest BCUT2D eigenvalue weighted by Gasteiger charge is -2.07. The number of carbonyl (C=O) groups excluding carboxylic acids is 1. The fourth-order valence-electron chi connectivity index (χ4n) is 2.76. The molecule has 1 fully saturated rings. The van der Waals surface area contributed by atoms with Crippen molar-refractivity contribution in [3.05, 3.63) is 47.2 Å². The zero-order chi connectivity index (χ0) is 14.1. The fraction of sp³-hybridized carbons (Fsp3) is 0.438. The molecule has 1 saturated carbocycles. The van der Waals surface area contributed by atoms with Crippen LogP contribution in [0.2, 0.25) is 0 Å². The van der Waals surface area contributed by atoms with Crippen LogP contribution in [0.3, 0.4) is 0 Å². The van der Waals surface area contributed by atoms with Crippen LogP contribution in [0.5, 0.6) is 0 Å². The summed E-state index contributed by atoms with van der Waals surface area (Å²) in [5.41, 5.74) is 3.15. The van der Waals surface area contributed by atoms with Crippen LogP contribution in [0.25, 0.3) is 0 Å². The second kappa shape index (κ2) is 5.29. The van der Waals surface area contributed by atoms with Gasteiger partial charge in [-0.2, -0.15) is 0 Å². The molecule has 0 radical (unpaired) electrons. The lowest BCUT2D eigenvalue weighted by atomic mass is 10.1. The van der Waals surface area contributed by atoms with E-state index in [9.17, 15) is 4.79 Å². The summed E-state index contributed by atoms with van der Waals surface area (Å²) in [5.74, 6) is 0.998. The number of hydrogen-bond acceptors (Lipinski definition) is 3. The number of furan rings is 1. The number of carbonyl (C=O) groups is 1. The van der Waals surface area contributed by atoms with E-state index in [1.165, 1.54) is 18.5 Å². The van der Waals surface area contributed by atoms with E-state index in [0.717, 1.165) is 17.0 Å². The molecule has 20 heavy (non-hydrogen) atoms. The average Bonchev–Trinajstić information content (AvgIpc) is 3.01. The molecule has 0 aromatic carbocycles. The number of aryl methyl sites for hydroxylation is 1. The van der Waals surface area contributed by atoms with Gasteiger partial charge in [0.05, 0.1) is 19.4 Å². The Morgan fingerprint density at radius 3 is 2.90 bits per heavy atom. The molecule has 1 N–H and O–H groups in total. The summed E-state index contributed by atoms with van der Waals surface area (Å²) < 4.78 is 7.54. The molecule has 0 atom stereocenters. The second-order valence-corrected chi connectivity index (χ2v) is 5.49. The molecule has 106 valence electrons. The van der Waals surface area contributed by atoms with Crippen molar-refractivity contribution in [2.75, 3.05) is 6.54 Å². The third kappa shape index (κ3) is 2.56. The number of nitrogens with zero attached hydrogens (tertiary/aromatic N) is 1. The van der Waals surface area contributed by atoms with E-state index in [4.69, 9.17) is 4.42 Å². The Morgan fingerprint density at radius 2 is 2.25 bits per heavy atom. The molecule has 4 heteroatoms. The normalized spacial score (nSPS) is 14.7. The Bertz CT molecular complexity index is 607. The summed E-state index contributed by atoms with van der Waals surface area (Å²) in [5, 5.41) is 3.13. The summed E-state index contributed by atoms with van der Waals surface area (Å²) in [7, 11) is 0. The number of nitrogens with one attached hydrogen (secondary N) is 1. The highest BCUT2D eigenvalue weighted by Gasteiger charge is 2.28. The molecule has 0 unspecified atom stereocenters. The van der Waals surface area contributed by atoms with Gasteiger partial charge in [0, 0.05) is 23.0 Å². The minimum Gasteiger partial charge on any atom is -0.468 e. The van der Waals surface area contributed by atoms with E-state index < -0.39 is 0 Å². The smallest absolute Gasteiger partial charge is 0.178 e. The third-order valence-corrected chi connectivity index (χ3v) is 3.86. The Morgan fingerprint density at radius 1 is 1.45 bits per heavy atom. The topological polar surface area (TPSA) is 47.2 Å². The van der Waals surface area contributed by atoms with Crippen LogP contribution in [0.1, 0.15) is 46.4 Å². The summed E-state index contributed by atoms with van der Waals surface area (Å²) in [6.07, 6.45) is 4.11. The first-order chi connectivity index (χ1) is 9.66. The van der Waals surface area contributed by atoms with Gasteiger partial charge in [0.1, 0.15) is 5.76 Å². The van der Waals surface area contributed by atoms with Gasteiger partial charge in [-0.05, 0) is 44.9 Å². The molecule has 2 heterocycles. The highest BCUT2D eigenvalue weighted by molar-refractivity contribution is 5.99. The Kier molecular flexibility index (Phi) is 3.49. The molecular formula is C16H20N2O2. The van der Waals surface area contributed by atoms with Gasteiger partial charge in [0.2, 0.25) is 0 Å². The van der Waals surface area contributed by atoms with Gasteiger partial charge in [-0.25, -0.2) is 0 Å². The monoisotopic (exact) mass is 272 g/mol. The predicted octanol–water partition coefficient (Wildman–Crippen LogP) is 3.01. The SMILES string of the molecule is Cc1cc(C(=O)CNCc2ccco2)c(C)n1C1CC1. The van der Waals surface area contributed by atoms with Crippen LogP contribution in [0.15, 0.2) is 28.9 Å². The number of rotatable bonds is 6. The highest BCUT2D eigenvalue weighted by atomic mass is 16.3. The van der Waals surface area contributed by atoms with Gasteiger partial charge < -0.3 is 14.3 Å². The number of Topliss-reactive ketones (excluding diaryl/α,β-unsaturated/α-hetero) is 1. The van der Waals surface area contributed by atoms with Crippen molar-refractivity contribution in [2.45, 2.75) is 39.3 Å². The van der Waals surface area contributed by atoms with Crippen LogP contribution in [0, 0.1) is 13.8 Å². The molecule has 3 rings (SSSR count). The van der Waals surface area contributed by atoms with Crippen LogP contribution >= 0.6 is 0 Å². The first-order valence-corrected chi connectivity index (χ1v) is 7.11. The van der Waals surface area contributed by atoms with Crippen molar-refractivity contribution in [3.8, 4) is 0 Å². The molecule has 1 aliphatic carbocycles. The van der Waals surface area contributed by atoms with E-state index in [0.29, 0.717) is 19.1 Å². The highest BCUT2D eigenvalue weighted by Crippen LogP contribution is 2.38. The van der Waals surface area contributed by atoms with E-state index >= 15 is 0 Å². The van der Waals surface area contributed by atoms with Crippen LogP contribution in [-0.2, 0) is 6.54 Å². The minimum absolute atomic E-state index is 0.150. The van der Waals surface area contributed by atoms with Crippen molar-refractivity contribution in [1.82, 2.24) is 9.88 Å². The maximum Gasteiger partial charge on any atom is 0.178 e. The summed E-state index contributed by atoms with van der Waals surface area (Å²) in [4.78, 5) is 12.3. The van der Waals surface area contributed by atoms with Gasteiger partial charge in [-0.15, -0.1) is 0 Å². The molecule has 0 aliphatic heterocycles. The summed E-state index contributed by atoms with van der Waals surface area (Å²) >= 11 is 0. The molecule has 0 amide bonds. The number of hydrogen-bond donors (Lipinski definition) is 1. The Balaban J connectivity index is 1.63. The molecule has 2 aromatic heterocycles. The van der Waals surface area contributed by atoms with Gasteiger partial charge in [0.15, 0.2) is 5.78 Å². The minimum atomic E-state index is 0.150. The molecule has 0 saturated heterocycles. The lowest BCUT2D eigenvalue weighted by molar-refractivity contribution is 0.0989. The maximum atomic E-state index is 12.3. The first-order valence-electron chi connectivity index (χ1n) is 7.11. The van der Waals surface area contributed by atoms with Crippen LogP contribution < -0.4 is 5.32 Å². The standard InChI is InChI=1S/C16H20N2O2/c1-11-8-15(12(2)18(11)13-5-6-13)16(19)10-17-9-14-4-3-7-20-14/h3-4,7-8,13,17H,5-6,9-10H2,1-2H3. The number of aromatic nitrogens is 1. The molecule has 1 aliphatic rings. The summed E-state index contributed by atoms with van der Waals surface area (Å²) in [6.45, 7) is 5.05. The zero-order valence-electron chi connectivity index (χ0n) is 12.0. The fourth-order valence-corrected chi connectivity index (χ4v) is 2.76. The van der Waals surface area contributed by atoms with E-state index in [-0.39, 0.29) is 5.78 Å². The second-order valence-electron chi connectivity index (χ2n) is 5.49. The van der Waals surface area contributed by atoms with Gasteiger partial charge in [-0.1, -0.05) is 0 Å². The van der Waals surface area contributed by atoms with E-state index in [1.54, 1.807) is 6.26 Å². The van der Waals surface area contributed by atoms with Crippen molar-refractivity contribution in [2.24, 2.45) is 0 Å². The largest absolute Gasteiger partial charge is 0.468 e. The summed E-state index contributed by atoms with van der Waals surface area (Å²) in [6, 6.07) is 6.39. The molecule has 4 nitrogen and oxygen atoms in total. The zero-order valence-corrected chi connectivity index (χ0v) is 12.0. The average molecular weight is 272 g/mol. The van der Waals surface area contributed by atoms with Crippen molar-refractivity contribution in [1.29, 1.82) is 0 Å². The maximum absolute atomic E-state index is 12.3. The quantitative estimate of drug-likeness (QED) is 0.822. The molecule has 2 aromatic rings. The van der Waals surface area contributed by atoms with Crippen LogP contribution in [-0.4, -0.2) is 16.9 Å². The van der Waals surface area contributed by atoms with Gasteiger partial charge >= 0.3 is 0 Å². The third-order valence-electron chi connectivity index (χ3n) is 3.86. The van der Waals surface area contributed by atoms with Gasteiger partial charge in [0.25, 0.3) is 0 Å². The number of ketones is 1. The first kappa shape index (κ1) is 13.2. The molecular weight excluding hydrogens is 252 g/mol. The Hall–Kier alpha value is -1.81. The lowest BCUT2D eigenvalue weighted by Crippen LogP contribution is -2.22. The van der Waals surface area contributed by atoms with Crippen molar-refractivity contribution in [3.63, 3.8) is 0 Å². The van der Waals surface area contributed by atoms with E-state index in [1.807, 2.05) is 25.1 Å². The predicted molar refractivity (Wildman–Crippen MR) is 76.9 cm³/mol. The van der Waals surface area contributed by atoms with Crippen molar-refractivity contribution >= 4 is 5.78 Å². The Labute approximate surface area is 118 Å². The van der Waals surface area contributed by atoms with Crippen LogP contribution in [0.4, 0.5) is 0 Å². The van der Waals surface area contributed by atoms with Gasteiger partial charge in [-0.3, -0.25) is 4.79 Å². The molecule has 0 spiro atoms. The van der Waals surface area contributed by atoms with Crippen molar-refractivity contribution < 1.29 is 9.21 Å². The van der Waals surface area contributed by atoms with E-state index in [2.05, 4.69) is 16.8 Å².